The van der Waals surface area contributed by atoms with Gasteiger partial charge in [-0.2, -0.15) is 0 Å². The van der Waals surface area contributed by atoms with Gasteiger partial charge in [-0.1, -0.05) is 6.07 Å². The molecule has 0 saturated carbocycles. The van der Waals surface area contributed by atoms with E-state index in [-0.39, 0.29) is 17.3 Å². The van der Waals surface area contributed by atoms with Crippen molar-refractivity contribution in [2.45, 2.75) is 25.2 Å². The molecule has 9 heteroatoms. The molecule has 0 radical (unpaired) electrons. The SMILES string of the molecule is CCOc1ccc(CCNS(=O)(=O)c2cc(Br)cnc2N)cc1OCC. The standard InChI is InChI=1S/C17H22BrN3O4S/c1-3-24-14-6-5-12(9-15(14)25-4-2)7-8-21-26(22,23)16-10-13(18)11-20-17(16)19/h5-6,9-11,21H,3-4,7-8H2,1-2H3,(H2,19,20). The highest BCUT2D eigenvalue weighted by atomic mass is 79.9. The van der Waals surface area contributed by atoms with Gasteiger partial charge in [0.25, 0.3) is 0 Å². The number of nitrogen functional groups attached to an aromatic ring is 1. The van der Waals surface area contributed by atoms with Crippen molar-refractivity contribution in [2.24, 2.45) is 0 Å². The first-order chi connectivity index (χ1) is 12.4. The van der Waals surface area contributed by atoms with Crippen molar-refractivity contribution in [2.75, 3.05) is 25.5 Å². The van der Waals surface area contributed by atoms with E-state index in [2.05, 4.69) is 25.6 Å². The number of benzene rings is 1. The van der Waals surface area contributed by atoms with E-state index in [4.69, 9.17) is 15.2 Å². The molecule has 0 spiro atoms. The van der Waals surface area contributed by atoms with Gasteiger partial charge < -0.3 is 15.2 Å². The van der Waals surface area contributed by atoms with Gasteiger partial charge in [-0.15, -0.1) is 0 Å². The molecular weight excluding hydrogens is 422 g/mol. The Morgan fingerprint density at radius 3 is 2.54 bits per heavy atom. The van der Waals surface area contributed by atoms with Gasteiger partial charge in [-0.05, 0) is 60.0 Å². The molecule has 1 aromatic heterocycles. The Labute approximate surface area is 162 Å². The molecule has 0 aliphatic rings. The van der Waals surface area contributed by atoms with E-state index in [1.54, 1.807) is 0 Å². The largest absolute Gasteiger partial charge is 0.490 e. The summed E-state index contributed by atoms with van der Waals surface area (Å²) in [5.74, 6) is 1.28. The molecule has 26 heavy (non-hydrogen) atoms. The number of sulfonamides is 1. The van der Waals surface area contributed by atoms with Crippen LogP contribution in [-0.2, 0) is 16.4 Å². The quantitative estimate of drug-likeness (QED) is 0.617. The monoisotopic (exact) mass is 443 g/mol. The smallest absolute Gasteiger partial charge is 0.244 e. The normalized spacial score (nSPS) is 11.3. The van der Waals surface area contributed by atoms with Crippen LogP contribution in [0.2, 0.25) is 0 Å². The van der Waals surface area contributed by atoms with Gasteiger partial charge in [0.15, 0.2) is 11.5 Å². The van der Waals surface area contributed by atoms with Gasteiger partial charge in [0, 0.05) is 17.2 Å². The minimum absolute atomic E-state index is 0.0413. The predicted molar refractivity (Wildman–Crippen MR) is 104 cm³/mol. The summed E-state index contributed by atoms with van der Waals surface area (Å²) in [5.41, 5.74) is 6.61. The molecule has 3 N–H and O–H groups in total. The summed E-state index contributed by atoms with van der Waals surface area (Å²) in [6.07, 6.45) is 1.94. The van der Waals surface area contributed by atoms with E-state index in [9.17, 15) is 8.42 Å². The van der Waals surface area contributed by atoms with Crippen molar-refractivity contribution in [3.8, 4) is 11.5 Å². The Morgan fingerprint density at radius 1 is 1.15 bits per heavy atom. The number of nitrogens with zero attached hydrogens (tertiary/aromatic N) is 1. The van der Waals surface area contributed by atoms with Crippen LogP contribution in [-0.4, -0.2) is 33.2 Å². The number of rotatable bonds is 9. The van der Waals surface area contributed by atoms with E-state index in [1.165, 1.54) is 12.3 Å². The molecule has 0 bridgehead atoms. The van der Waals surface area contributed by atoms with E-state index in [0.717, 1.165) is 5.56 Å². The molecule has 0 atom stereocenters. The lowest BCUT2D eigenvalue weighted by Gasteiger charge is -2.13. The lowest BCUT2D eigenvalue weighted by atomic mass is 10.1. The van der Waals surface area contributed by atoms with Crippen LogP contribution in [0, 0.1) is 0 Å². The van der Waals surface area contributed by atoms with Crippen molar-refractivity contribution >= 4 is 31.8 Å². The lowest BCUT2D eigenvalue weighted by Crippen LogP contribution is -2.27. The summed E-state index contributed by atoms with van der Waals surface area (Å²) in [6.45, 7) is 5.08. The van der Waals surface area contributed by atoms with Crippen molar-refractivity contribution in [3.05, 3.63) is 40.5 Å². The Balaban J connectivity index is 2.07. The van der Waals surface area contributed by atoms with Crippen LogP contribution < -0.4 is 19.9 Å². The van der Waals surface area contributed by atoms with Crippen molar-refractivity contribution in [3.63, 3.8) is 0 Å². The summed E-state index contributed by atoms with van der Waals surface area (Å²) in [7, 11) is -3.74. The summed E-state index contributed by atoms with van der Waals surface area (Å²) in [5, 5.41) is 0. The fourth-order valence-corrected chi connectivity index (χ4v) is 3.92. The number of nitrogens with one attached hydrogen (secondary N) is 1. The molecule has 0 fully saturated rings. The Morgan fingerprint density at radius 2 is 1.85 bits per heavy atom. The minimum Gasteiger partial charge on any atom is -0.490 e. The number of hydrogen-bond acceptors (Lipinski definition) is 6. The molecule has 1 aromatic carbocycles. The van der Waals surface area contributed by atoms with Crippen molar-refractivity contribution < 1.29 is 17.9 Å². The average Bonchev–Trinajstić information content (AvgIpc) is 2.59. The first-order valence-corrected chi connectivity index (χ1v) is 10.4. The lowest BCUT2D eigenvalue weighted by molar-refractivity contribution is 0.287. The molecule has 2 aromatic rings. The van der Waals surface area contributed by atoms with Gasteiger partial charge in [0.1, 0.15) is 10.7 Å². The average molecular weight is 444 g/mol. The zero-order valence-corrected chi connectivity index (χ0v) is 17.1. The predicted octanol–water partition coefficient (Wildman–Crippen LogP) is 2.74. The van der Waals surface area contributed by atoms with Crippen LogP contribution in [0.4, 0.5) is 5.82 Å². The molecule has 0 aliphatic heterocycles. The topological polar surface area (TPSA) is 104 Å². The maximum atomic E-state index is 12.4. The molecule has 2 rings (SSSR count). The number of pyridine rings is 1. The van der Waals surface area contributed by atoms with E-state index in [0.29, 0.717) is 35.6 Å². The molecule has 0 saturated heterocycles. The Bertz CT molecular complexity index is 859. The third-order valence-electron chi connectivity index (χ3n) is 3.45. The second-order valence-corrected chi connectivity index (χ2v) is 7.98. The fraction of sp³-hybridized carbons (Fsp3) is 0.353. The first kappa shape index (κ1) is 20.5. The van der Waals surface area contributed by atoms with Gasteiger partial charge >= 0.3 is 0 Å². The second kappa shape index (κ2) is 9.20. The van der Waals surface area contributed by atoms with E-state index in [1.807, 2.05) is 32.0 Å². The molecule has 0 amide bonds. The summed E-state index contributed by atoms with van der Waals surface area (Å²) in [6, 6.07) is 7.00. The third kappa shape index (κ3) is 5.33. The number of hydrogen-bond donors (Lipinski definition) is 2. The van der Waals surface area contributed by atoms with Gasteiger partial charge in [0.2, 0.25) is 10.0 Å². The molecular formula is C17H22BrN3O4S. The minimum atomic E-state index is -3.74. The first-order valence-electron chi connectivity index (χ1n) is 8.16. The highest BCUT2D eigenvalue weighted by Crippen LogP contribution is 2.28. The number of anilines is 1. The Hall–Kier alpha value is -1.84. The van der Waals surface area contributed by atoms with Gasteiger partial charge in [-0.3, -0.25) is 0 Å². The van der Waals surface area contributed by atoms with Crippen LogP contribution in [0.1, 0.15) is 19.4 Å². The molecule has 0 aliphatic carbocycles. The summed E-state index contributed by atoms with van der Waals surface area (Å²) >= 11 is 3.20. The highest BCUT2D eigenvalue weighted by Gasteiger charge is 2.18. The Kier molecular flexibility index (Phi) is 7.24. The van der Waals surface area contributed by atoms with Crippen LogP contribution in [0.5, 0.6) is 11.5 Å². The number of aromatic nitrogens is 1. The number of ether oxygens (including phenoxy) is 2. The number of nitrogens with two attached hydrogens (primary N) is 1. The van der Waals surface area contributed by atoms with Crippen LogP contribution in [0.15, 0.2) is 39.8 Å². The summed E-state index contributed by atoms with van der Waals surface area (Å²) < 4.78 is 39.0. The van der Waals surface area contributed by atoms with Crippen LogP contribution >= 0.6 is 15.9 Å². The third-order valence-corrected chi connectivity index (χ3v) is 5.38. The second-order valence-electron chi connectivity index (χ2n) is 5.33. The van der Waals surface area contributed by atoms with Gasteiger partial charge in [0.05, 0.1) is 13.2 Å². The van der Waals surface area contributed by atoms with Crippen molar-refractivity contribution in [1.82, 2.24) is 9.71 Å². The van der Waals surface area contributed by atoms with Crippen LogP contribution in [0.25, 0.3) is 0 Å². The molecule has 142 valence electrons. The zero-order chi connectivity index (χ0) is 19.2. The van der Waals surface area contributed by atoms with Crippen LogP contribution in [0.3, 0.4) is 0 Å². The van der Waals surface area contributed by atoms with Gasteiger partial charge in [-0.25, -0.2) is 18.1 Å². The number of halogens is 1. The zero-order valence-electron chi connectivity index (χ0n) is 14.7. The maximum Gasteiger partial charge on any atom is 0.244 e. The summed E-state index contributed by atoms with van der Waals surface area (Å²) in [4.78, 5) is 3.80. The van der Waals surface area contributed by atoms with E-state index >= 15 is 0 Å². The molecule has 1 heterocycles. The molecule has 0 unspecified atom stereocenters. The van der Waals surface area contributed by atoms with Crippen molar-refractivity contribution in [1.29, 1.82) is 0 Å². The molecule has 7 nitrogen and oxygen atoms in total. The highest BCUT2D eigenvalue weighted by molar-refractivity contribution is 9.10. The fourth-order valence-electron chi connectivity index (χ4n) is 2.31. The maximum absolute atomic E-state index is 12.4. The van der Waals surface area contributed by atoms with E-state index < -0.39 is 10.0 Å².